The first kappa shape index (κ1) is 17.8. The summed E-state index contributed by atoms with van der Waals surface area (Å²) in [6, 6.07) is 10.7. The monoisotopic (exact) mass is 367 g/mol. The van der Waals surface area contributed by atoms with Crippen LogP contribution in [0.4, 0.5) is 5.69 Å². The first-order valence-electron chi connectivity index (χ1n) is 9.50. The molecule has 1 N–H and O–H groups in total. The van der Waals surface area contributed by atoms with Crippen molar-refractivity contribution in [3.8, 4) is 5.75 Å². The number of rotatable bonds is 6. The maximum atomic E-state index is 11.6. The molecule has 1 aromatic heterocycles. The Labute approximate surface area is 159 Å². The zero-order chi connectivity index (χ0) is 18.6. The number of pyridine rings is 1. The van der Waals surface area contributed by atoms with Crippen LogP contribution in [-0.4, -0.2) is 43.3 Å². The fourth-order valence-corrected chi connectivity index (χ4v) is 4.03. The Morgan fingerprint density at radius 1 is 1.33 bits per heavy atom. The highest BCUT2D eigenvalue weighted by Crippen LogP contribution is 2.39. The zero-order valence-corrected chi connectivity index (χ0v) is 15.6. The highest BCUT2D eigenvalue weighted by molar-refractivity contribution is 5.78. The lowest BCUT2D eigenvalue weighted by atomic mass is 9.94. The number of aromatic nitrogens is 1. The fourth-order valence-electron chi connectivity index (χ4n) is 4.03. The summed E-state index contributed by atoms with van der Waals surface area (Å²) in [6.07, 6.45) is 4.53. The summed E-state index contributed by atoms with van der Waals surface area (Å²) >= 11 is 0. The average molecular weight is 367 g/mol. The minimum atomic E-state index is -0.0202. The summed E-state index contributed by atoms with van der Waals surface area (Å²) < 4.78 is 11.0. The van der Waals surface area contributed by atoms with Gasteiger partial charge in [-0.2, -0.15) is 0 Å². The van der Waals surface area contributed by atoms with Crippen LogP contribution in [-0.2, 0) is 16.1 Å². The van der Waals surface area contributed by atoms with E-state index in [1.807, 2.05) is 13.1 Å². The van der Waals surface area contributed by atoms with Crippen molar-refractivity contribution in [1.82, 2.24) is 10.3 Å². The number of carbonyl (C=O) groups is 1. The molecule has 0 saturated carbocycles. The standard InChI is InChI=1S/C21H25N3O3/c1-2-27-18-7-15(9-22-10-18)11-24-12-16(19-5-3-4-6-20(19)24)8-17-13-26-14-21(25)23-17/h3-7,9-10,16-17H,2,8,11-14H2,1H3,(H,23,25). The van der Waals surface area contributed by atoms with Crippen LogP contribution in [0.5, 0.6) is 5.75 Å². The summed E-state index contributed by atoms with van der Waals surface area (Å²) in [7, 11) is 0. The van der Waals surface area contributed by atoms with Crippen molar-refractivity contribution in [2.75, 3.05) is 31.3 Å². The van der Waals surface area contributed by atoms with Gasteiger partial charge in [0, 0.05) is 30.9 Å². The van der Waals surface area contributed by atoms with Crippen molar-refractivity contribution in [2.45, 2.75) is 31.8 Å². The molecule has 6 nitrogen and oxygen atoms in total. The third-order valence-electron chi connectivity index (χ3n) is 5.10. The van der Waals surface area contributed by atoms with E-state index in [1.165, 1.54) is 11.3 Å². The number of morpholine rings is 1. The topological polar surface area (TPSA) is 63.7 Å². The van der Waals surface area contributed by atoms with Crippen molar-refractivity contribution in [3.05, 3.63) is 53.9 Å². The normalized spacial score (nSPS) is 21.7. The SMILES string of the molecule is CCOc1cncc(CN2CC(CC3COCC(=O)N3)c3ccccc32)c1. The quantitative estimate of drug-likeness (QED) is 0.850. The van der Waals surface area contributed by atoms with Crippen LogP contribution in [0.1, 0.15) is 30.4 Å². The van der Waals surface area contributed by atoms with Gasteiger partial charge in [0.2, 0.25) is 5.91 Å². The van der Waals surface area contributed by atoms with E-state index in [1.54, 1.807) is 6.20 Å². The summed E-state index contributed by atoms with van der Waals surface area (Å²) in [5.74, 6) is 1.16. The molecule has 3 heterocycles. The predicted molar refractivity (Wildman–Crippen MR) is 103 cm³/mol. The van der Waals surface area contributed by atoms with Crippen molar-refractivity contribution >= 4 is 11.6 Å². The van der Waals surface area contributed by atoms with Crippen LogP contribution in [0.15, 0.2) is 42.7 Å². The maximum Gasteiger partial charge on any atom is 0.246 e. The predicted octanol–water partition coefficient (Wildman–Crippen LogP) is 2.49. The van der Waals surface area contributed by atoms with Gasteiger partial charge in [-0.25, -0.2) is 0 Å². The number of fused-ring (bicyclic) bond motifs is 1. The molecule has 2 atom stereocenters. The molecule has 1 saturated heterocycles. The number of nitrogens with one attached hydrogen (secondary N) is 1. The first-order valence-corrected chi connectivity index (χ1v) is 9.50. The van der Waals surface area contributed by atoms with Gasteiger partial charge in [-0.15, -0.1) is 0 Å². The molecule has 2 unspecified atom stereocenters. The summed E-state index contributed by atoms with van der Waals surface area (Å²) in [5, 5.41) is 3.05. The second-order valence-electron chi connectivity index (χ2n) is 7.11. The van der Waals surface area contributed by atoms with Crippen molar-refractivity contribution in [1.29, 1.82) is 0 Å². The van der Waals surface area contributed by atoms with Gasteiger partial charge in [-0.05, 0) is 36.6 Å². The number of amides is 1. The number of anilines is 1. The fraction of sp³-hybridized carbons (Fsp3) is 0.429. The van der Waals surface area contributed by atoms with Crippen LogP contribution in [0, 0.1) is 0 Å². The van der Waals surface area contributed by atoms with Crippen LogP contribution in [0.25, 0.3) is 0 Å². The Morgan fingerprint density at radius 3 is 3.07 bits per heavy atom. The van der Waals surface area contributed by atoms with Crippen LogP contribution < -0.4 is 15.0 Å². The van der Waals surface area contributed by atoms with E-state index in [-0.39, 0.29) is 18.6 Å². The number of hydrogen-bond donors (Lipinski definition) is 1. The summed E-state index contributed by atoms with van der Waals surface area (Å²) in [4.78, 5) is 18.3. The zero-order valence-electron chi connectivity index (χ0n) is 15.6. The third kappa shape index (κ3) is 4.06. The lowest BCUT2D eigenvalue weighted by molar-refractivity contribution is -0.131. The van der Waals surface area contributed by atoms with Gasteiger partial charge in [0.1, 0.15) is 12.4 Å². The summed E-state index contributed by atoms with van der Waals surface area (Å²) in [6.45, 7) is 5.08. The third-order valence-corrected chi connectivity index (χ3v) is 5.10. The molecule has 0 spiro atoms. The van der Waals surface area contributed by atoms with Gasteiger partial charge in [0.15, 0.2) is 0 Å². The number of para-hydroxylation sites is 1. The molecule has 27 heavy (non-hydrogen) atoms. The van der Waals surface area contributed by atoms with Crippen LogP contribution >= 0.6 is 0 Å². The first-order chi connectivity index (χ1) is 13.2. The molecule has 0 radical (unpaired) electrons. The molecule has 0 aliphatic carbocycles. The van der Waals surface area contributed by atoms with E-state index >= 15 is 0 Å². The van der Waals surface area contributed by atoms with E-state index in [0.717, 1.165) is 30.8 Å². The van der Waals surface area contributed by atoms with Crippen molar-refractivity contribution < 1.29 is 14.3 Å². The molecule has 4 rings (SSSR count). The molecule has 2 aliphatic heterocycles. The molecule has 1 amide bonds. The lowest BCUT2D eigenvalue weighted by Crippen LogP contribution is -2.46. The Hall–Kier alpha value is -2.60. The van der Waals surface area contributed by atoms with E-state index < -0.39 is 0 Å². The van der Waals surface area contributed by atoms with Gasteiger partial charge < -0.3 is 19.7 Å². The summed E-state index contributed by atoms with van der Waals surface area (Å²) in [5.41, 5.74) is 3.73. The van der Waals surface area contributed by atoms with Gasteiger partial charge in [-0.1, -0.05) is 18.2 Å². The van der Waals surface area contributed by atoms with Crippen molar-refractivity contribution in [2.24, 2.45) is 0 Å². The van der Waals surface area contributed by atoms with E-state index in [0.29, 0.717) is 19.1 Å². The van der Waals surface area contributed by atoms with E-state index in [2.05, 4.69) is 45.5 Å². The van der Waals surface area contributed by atoms with Crippen molar-refractivity contribution in [3.63, 3.8) is 0 Å². The molecule has 0 bridgehead atoms. The van der Waals surface area contributed by atoms with E-state index in [4.69, 9.17) is 9.47 Å². The number of hydrogen-bond acceptors (Lipinski definition) is 5. The molecule has 1 aromatic carbocycles. The highest BCUT2D eigenvalue weighted by atomic mass is 16.5. The second kappa shape index (κ2) is 7.96. The van der Waals surface area contributed by atoms with Gasteiger partial charge in [0.25, 0.3) is 0 Å². The second-order valence-corrected chi connectivity index (χ2v) is 7.11. The Balaban J connectivity index is 1.49. The maximum absolute atomic E-state index is 11.6. The van der Waals surface area contributed by atoms with Gasteiger partial charge in [0.05, 0.1) is 25.5 Å². The molecular weight excluding hydrogens is 342 g/mol. The highest BCUT2D eigenvalue weighted by Gasteiger charge is 2.31. The Bertz CT molecular complexity index is 811. The molecule has 2 aromatic rings. The largest absolute Gasteiger partial charge is 0.492 e. The van der Waals surface area contributed by atoms with Crippen LogP contribution in [0.2, 0.25) is 0 Å². The minimum absolute atomic E-state index is 0.0202. The van der Waals surface area contributed by atoms with Gasteiger partial charge >= 0.3 is 0 Å². The van der Waals surface area contributed by atoms with Gasteiger partial charge in [-0.3, -0.25) is 9.78 Å². The molecule has 6 heteroatoms. The molecular formula is C21H25N3O3. The molecule has 2 aliphatic rings. The number of carbonyl (C=O) groups excluding carboxylic acids is 1. The average Bonchev–Trinajstić information content (AvgIpc) is 3.00. The lowest BCUT2D eigenvalue weighted by Gasteiger charge is -2.26. The Morgan fingerprint density at radius 2 is 2.22 bits per heavy atom. The molecule has 142 valence electrons. The van der Waals surface area contributed by atoms with E-state index in [9.17, 15) is 4.79 Å². The number of nitrogens with zero attached hydrogens (tertiary/aromatic N) is 2. The number of ether oxygens (including phenoxy) is 2. The minimum Gasteiger partial charge on any atom is -0.492 e. The smallest absolute Gasteiger partial charge is 0.246 e. The Kier molecular flexibility index (Phi) is 5.25. The van der Waals surface area contributed by atoms with Crippen LogP contribution in [0.3, 0.4) is 0 Å². The molecule has 1 fully saturated rings. The number of benzene rings is 1.